The molecule has 0 spiro atoms. The van der Waals surface area contributed by atoms with Gasteiger partial charge in [0.25, 0.3) is 0 Å². The Kier molecular flexibility index (Phi) is 6.18. The van der Waals surface area contributed by atoms with Crippen LogP contribution in [0.2, 0.25) is 0 Å². The average molecular weight is 229 g/mol. The maximum Gasteiger partial charge on any atom is 0.143 e. The number of hydrogen-bond acceptors (Lipinski definition) is 4. The number of nitrogens with two attached hydrogens (primary N) is 1. The summed E-state index contributed by atoms with van der Waals surface area (Å²) in [5.74, 6) is 0.559. The molecule has 5 nitrogen and oxygen atoms in total. The van der Waals surface area contributed by atoms with Crippen molar-refractivity contribution in [1.82, 2.24) is 4.90 Å². The maximum absolute atomic E-state index is 8.64. The van der Waals surface area contributed by atoms with E-state index >= 15 is 0 Å². The van der Waals surface area contributed by atoms with E-state index in [0.717, 1.165) is 52.1 Å². The Morgan fingerprint density at radius 1 is 1.56 bits per heavy atom. The molecule has 1 heterocycles. The van der Waals surface area contributed by atoms with Gasteiger partial charge in [-0.05, 0) is 25.8 Å². The Labute approximate surface area is 97.2 Å². The van der Waals surface area contributed by atoms with Crippen molar-refractivity contribution in [2.75, 3.05) is 32.8 Å². The predicted molar refractivity (Wildman–Crippen MR) is 63.7 cm³/mol. The van der Waals surface area contributed by atoms with Crippen molar-refractivity contribution in [3.05, 3.63) is 0 Å². The fourth-order valence-electron chi connectivity index (χ4n) is 2.02. The van der Waals surface area contributed by atoms with Crippen LogP contribution in [-0.2, 0) is 4.74 Å². The lowest BCUT2D eigenvalue weighted by molar-refractivity contribution is 0.0916. The van der Waals surface area contributed by atoms with Gasteiger partial charge in [-0.25, -0.2) is 0 Å². The van der Waals surface area contributed by atoms with Gasteiger partial charge in [0.15, 0.2) is 0 Å². The second kappa shape index (κ2) is 7.46. The number of piperidine rings is 1. The highest BCUT2D eigenvalue weighted by atomic mass is 16.5. The summed E-state index contributed by atoms with van der Waals surface area (Å²) in [5, 5.41) is 11.7. The van der Waals surface area contributed by atoms with Crippen LogP contribution in [-0.4, -0.2) is 48.8 Å². The van der Waals surface area contributed by atoms with E-state index < -0.39 is 0 Å². The first kappa shape index (κ1) is 13.3. The lowest BCUT2D eigenvalue weighted by Gasteiger charge is -2.31. The zero-order chi connectivity index (χ0) is 11.8. The van der Waals surface area contributed by atoms with E-state index in [2.05, 4.69) is 17.0 Å². The van der Waals surface area contributed by atoms with Gasteiger partial charge in [0.1, 0.15) is 5.84 Å². The predicted octanol–water partition coefficient (Wildman–Crippen LogP) is 0.871. The van der Waals surface area contributed by atoms with Crippen LogP contribution < -0.4 is 5.73 Å². The van der Waals surface area contributed by atoms with Crippen molar-refractivity contribution in [3.8, 4) is 0 Å². The number of likely N-dealkylation sites (tertiary alicyclic amines) is 1. The van der Waals surface area contributed by atoms with Gasteiger partial charge in [0.05, 0.1) is 6.61 Å². The first-order chi connectivity index (χ1) is 7.77. The zero-order valence-corrected chi connectivity index (χ0v) is 10.1. The van der Waals surface area contributed by atoms with Crippen LogP contribution in [0, 0.1) is 5.92 Å². The first-order valence-electron chi connectivity index (χ1n) is 6.05. The summed E-state index contributed by atoms with van der Waals surface area (Å²) in [6.45, 7) is 6.62. The van der Waals surface area contributed by atoms with Crippen LogP contribution in [0.1, 0.15) is 26.2 Å². The van der Waals surface area contributed by atoms with Crippen LogP contribution in [0.5, 0.6) is 0 Å². The summed E-state index contributed by atoms with van der Waals surface area (Å²) in [6.07, 6.45) is 3.18. The molecule has 0 amide bonds. The van der Waals surface area contributed by atoms with E-state index in [1.165, 1.54) is 0 Å². The normalized spacial score (nSPS) is 23.6. The molecule has 1 atom stereocenters. The summed E-state index contributed by atoms with van der Waals surface area (Å²) >= 11 is 0. The molecular weight excluding hydrogens is 206 g/mol. The summed E-state index contributed by atoms with van der Waals surface area (Å²) in [5.41, 5.74) is 5.63. The SMILES string of the molecule is CCCOCCN1CCCC(C(N)=NO)C1. The fourth-order valence-corrected chi connectivity index (χ4v) is 2.02. The number of ether oxygens (including phenoxy) is 1. The number of amidine groups is 1. The van der Waals surface area contributed by atoms with E-state index in [1.54, 1.807) is 0 Å². The van der Waals surface area contributed by atoms with Crippen LogP contribution >= 0.6 is 0 Å². The van der Waals surface area contributed by atoms with Crippen molar-refractivity contribution >= 4 is 5.84 Å². The van der Waals surface area contributed by atoms with Crippen molar-refractivity contribution in [1.29, 1.82) is 0 Å². The third-order valence-electron chi connectivity index (χ3n) is 2.94. The minimum atomic E-state index is 0.199. The van der Waals surface area contributed by atoms with Crippen LogP contribution in [0.4, 0.5) is 0 Å². The van der Waals surface area contributed by atoms with Gasteiger partial charge in [0.2, 0.25) is 0 Å². The standard InChI is InChI=1S/C11H23N3O2/c1-2-7-16-8-6-14-5-3-4-10(9-14)11(12)13-15/h10,15H,2-9H2,1H3,(H2,12,13). The lowest BCUT2D eigenvalue weighted by Crippen LogP contribution is -2.42. The Hall–Kier alpha value is -0.810. The molecule has 1 aliphatic heterocycles. The third-order valence-corrected chi connectivity index (χ3v) is 2.94. The molecule has 1 fully saturated rings. The van der Waals surface area contributed by atoms with Crippen molar-refractivity contribution in [3.63, 3.8) is 0 Å². The maximum atomic E-state index is 8.64. The van der Waals surface area contributed by atoms with Crippen molar-refractivity contribution < 1.29 is 9.94 Å². The Bertz CT molecular complexity index is 221. The smallest absolute Gasteiger partial charge is 0.143 e. The van der Waals surface area contributed by atoms with Gasteiger partial charge in [-0.1, -0.05) is 12.1 Å². The average Bonchev–Trinajstić information content (AvgIpc) is 2.34. The van der Waals surface area contributed by atoms with Gasteiger partial charge in [-0.3, -0.25) is 0 Å². The number of rotatable bonds is 6. The molecule has 0 aromatic carbocycles. The monoisotopic (exact) mass is 229 g/mol. The number of nitrogens with zero attached hydrogens (tertiary/aromatic N) is 2. The molecule has 3 N–H and O–H groups in total. The Morgan fingerprint density at radius 3 is 3.06 bits per heavy atom. The van der Waals surface area contributed by atoms with Crippen LogP contribution in [0.3, 0.4) is 0 Å². The van der Waals surface area contributed by atoms with Crippen LogP contribution in [0.15, 0.2) is 5.16 Å². The molecule has 94 valence electrons. The molecule has 1 aliphatic rings. The zero-order valence-electron chi connectivity index (χ0n) is 10.1. The van der Waals surface area contributed by atoms with Gasteiger partial charge in [0, 0.05) is 25.6 Å². The van der Waals surface area contributed by atoms with Gasteiger partial charge < -0.3 is 20.6 Å². The highest BCUT2D eigenvalue weighted by molar-refractivity contribution is 5.82. The van der Waals surface area contributed by atoms with Crippen molar-refractivity contribution in [2.24, 2.45) is 16.8 Å². The molecule has 0 aromatic rings. The molecule has 0 radical (unpaired) electrons. The lowest BCUT2D eigenvalue weighted by atomic mass is 9.97. The summed E-state index contributed by atoms with van der Waals surface area (Å²) in [6, 6.07) is 0. The molecule has 0 aromatic heterocycles. The molecule has 5 heteroatoms. The summed E-state index contributed by atoms with van der Waals surface area (Å²) in [4.78, 5) is 2.32. The van der Waals surface area contributed by atoms with Gasteiger partial charge in [-0.15, -0.1) is 0 Å². The first-order valence-corrected chi connectivity index (χ1v) is 6.05. The highest BCUT2D eigenvalue weighted by Crippen LogP contribution is 2.16. The molecule has 0 bridgehead atoms. The second-order valence-electron chi connectivity index (χ2n) is 4.28. The van der Waals surface area contributed by atoms with E-state index in [4.69, 9.17) is 15.7 Å². The molecule has 0 saturated carbocycles. The summed E-state index contributed by atoms with van der Waals surface area (Å²) in [7, 11) is 0. The largest absolute Gasteiger partial charge is 0.409 e. The molecule has 1 rings (SSSR count). The van der Waals surface area contributed by atoms with Gasteiger partial charge in [-0.2, -0.15) is 0 Å². The highest BCUT2D eigenvalue weighted by Gasteiger charge is 2.22. The van der Waals surface area contributed by atoms with Crippen LogP contribution in [0.25, 0.3) is 0 Å². The minimum absolute atomic E-state index is 0.199. The van der Waals surface area contributed by atoms with Crippen molar-refractivity contribution in [2.45, 2.75) is 26.2 Å². The van der Waals surface area contributed by atoms with E-state index in [0.29, 0.717) is 5.84 Å². The summed E-state index contributed by atoms with van der Waals surface area (Å²) < 4.78 is 5.46. The molecule has 0 aliphatic carbocycles. The van der Waals surface area contributed by atoms with E-state index in [1.807, 2.05) is 0 Å². The van der Waals surface area contributed by atoms with E-state index in [-0.39, 0.29) is 5.92 Å². The fraction of sp³-hybridized carbons (Fsp3) is 0.909. The number of oxime groups is 1. The number of hydrogen-bond donors (Lipinski definition) is 2. The molecule has 1 saturated heterocycles. The Morgan fingerprint density at radius 2 is 2.38 bits per heavy atom. The third kappa shape index (κ3) is 4.37. The molecule has 16 heavy (non-hydrogen) atoms. The van der Waals surface area contributed by atoms with E-state index in [9.17, 15) is 0 Å². The second-order valence-corrected chi connectivity index (χ2v) is 4.28. The Balaban J connectivity index is 2.22. The molecule has 1 unspecified atom stereocenters. The topological polar surface area (TPSA) is 71.1 Å². The molecular formula is C11H23N3O2. The van der Waals surface area contributed by atoms with Gasteiger partial charge >= 0.3 is 0 Å². The minimum Gasteiger partial charge on any atom is -0.409 e. The quantitative estimate of drug-likeness (QED) is 0.233.